The first-order valence-electron chi connectivity index (χ1n) is 48.0. The summed E-state index contributed by atoms with van der Waals surface area (Å²) < 4.78 is 45.1. The number of aromatic nitrogens is 8. The molecule has 150 heavy (non-hydrogen) atoms. The highest BCUT2D eigenvalue weighted by atomic mass is 35.5. The summed E-state index contributed by atoms with van der Waals surface area (Å²) in [6.07, 6.45) is 17.7. The number of amides is 7. The van der Waals surface area contributed by atoms with Crippen molar-refractivity contribution in [3.8, 4) is 79.0 Å². The predicted molar refractivity (Wildman–Crippen MR) is 598 cm³/mol. The lowest BCUT2D eigenvalue weighted by molar-refractivity contribution is -0.133. The van der Waals surface area contributed by atoms with E-state index >= 15 is 0 Å². The SMILES string of the molecule is C=CC(=O)NC1CCS(=C)(=O)CC1Nc1ncc2cc(-c3c(Cl)c(OC)cc(OC)c3Cl)ccc2n1.C=CC(=O)N[C@H]1CN(C(=O)C2CC2)C[C@H]1Nc1ncc2cc(-c3c(Cl)c(OC)cc(OC)c3Cl)ccc2n1.C=CC(=O)N[C@H]1C[C@@H](C(=O)N(C)C)C[C@H]1Nc1ncc2cc(-c3c(Cl)c(CC)cc(OC)c3Cl)ccc2n1.C=CC(=O)N[C@H]1C[C@H](C(=O)N(C)C)C[C@H]1Nc1ncc2cc(-c3c(Cl)c(CC)cc(OC)c3Cl)ccc2n1. The maximum absolute atomic E-state index is 12.7. The van der Waals surface area contributed by atoms with E-state index in [0.29, 0.717) is 188 Å². The number of rotatable bonds is 31. The Morgan fingerprint density at radius 2 is 0.653 bits per heavy atom. The number of ether oxygens (including phenoxy) is 6. The molecule has 6 heterocycles. The van der Waals surface area contributed by atoms with E-state index in [9.17, 15) is 37.8 Å². The second-order valence-electron chi connectivity index (χ2n) is 36.9. The molecule has 3 saturated carbocycles. The number of carbonyl (C=O) groups excluding carboxylic acids is 7. The predicted octanol–water partition coefficient (Wildman–Crippen LogP) is 18.8. The molecule has 8 N–H and O–H groups in total. The minimum Gasteiger partial charge on any atom is -0.495 e. The van der Waals surface area contributed by atoms with Gasteiger partial charge >= 0.3 is 0 Å². The van der Waals surface area contributed by atoms with Gasteiger partial charge in [-0.2, -0.15) is 0 Å². The summed E-state index contributed by atoms with van der Waals surface area (Å²) in [6.45, 7) is 19.0. The number of nitrogens with zero attached hydrogens (tertiary/aromatic N) is 11. The molecule has 2 saturated heterocycles. The number of aryl methyl sites for hydroxylation is 2. The maximum Gasteiger partial charge on any atom is 0.243 e. The van der Waals surface area contributed by atoms with Gasteiger partial charge in [0.15, 0.2) is 0 Å². The number of methoxy groups -OCH3 is 6. The zero-order valence-corrected chi connectivity index (χ0v) is 91.4. The average molecular weight is 2220 g/mol. The van der Waals surface area contributed by atoms with Crippen LogP contribution in [0.5, 0.6) is 34.5 Å². The number of fused-ring (bicyclic) bond motifs is 4. The highest BCUT2D eigenvalue weighted by Crippen LogP contribution is 2.51. The van der Waals surface area contributed by atoms with Gasteiger partial charge in [0.2, 0.25) is 65.1 Å². The number of nitrogens with one attached hydrogen (secondary N) is 8. The third kappa shape index (κ3) is 25.9. The summed E-state index contributed by atoms with van der Waals surface area (Å²) >= 11 is 53.1. The molecule has 2 aliphatic heterocycles. The fourth-order valence-corrected chi connectivity index (χ4v) is 23.5. The van der Waals surface area contributed by atoms with Gasteiger partial charge < -0.3 is 85.7 Å². The van der Waals surface area contributed by atoms with Crippen LogP contribution in [0.4, 0.5) is 23.8 Å². The van der Waals surface area contributed by atoms with Crippen molar-refractivity contribution in [2.75, 3.05) is 117 Å². The number of hydrogen-bond donors (Lipinski definition) is 8. The normalized spacial score (nSPS) is 19.4. The van der Waals surface area contributed by atoms with Crippen molar-refractivity contribution in [3.05, 3.63) is 224 Å². The Labute approximate surface area is 909 Å². The van der Waals surface area contributed by atoms with Gasteiger partial charge in [0.05, 0.1) is 153 Å². The molecule has 11 atom stereocenters. The molecule has 0 radical (unpaired) electrons. The average Bonchev–Trinajstić information content (AvgIpc) is 1.02. The van der Waals surface area contributed by atoms with Crippen molar-refractivity contribution < 1.29 is 66.2 Å². The second kappa shape index (κ2) is 49.7. The Morgan fingerprint density at radius 3 is 0.953 bits per heavy atom. The molecule has 8 aromatic carbocycles. The van der Waals surface area contributed by atoms with Crippen molar-refractivity contribution in [2.45, 2.75) is 120 Å². The van der Waals surface area contributed by atoms with Crippen LogP contribution in [0, 0.1) is 17.8 Å². The number of hydrogen-bond acceptors (Lipinski definition) is 26. The molecule has 788 valence electrons. The van der Waals surface area contributed by atoms with Gasteiger partial charge in [0.1, 0.15) is 34.5 Å². The van der Waals surface area contributed by atoms with Gasteiger partial charge in [-0.05, 0) is 192 Å². The third-order valence-electron chi connectivity index (χ3n) is 26.7. The van der Waals surface area contributed by atoms with E-state index < -0.39 is 9.52 Å². The van der Waals surface area contributed by atoms with Gasteiger partial charge in [0.25, 0.3) is 0 Å². The van der Waals surface area contributed by atoms with E-state index in [1.165, 1.54) is 52.7 Å². The van der Waals surface area contributed by atoms with Crippen LogP contribution in [0.25, 0.3) is 88.1 Å². The smallest absolute Gasteiger partial charge is 0.243 e. The van der Waals surface area contributed by atoms with Crippen molar-refractivity contribution in [2.24, 2.45) is 17.8 Å². The van der Waals surface area contributed by atoms with Crippen molar-refractivity contribution in [3.63, 3.8) is 0 Å². The summed E-state index contributed by atoms with van der Waals surface area (Å²) in [4.78, 5) is 127. The Morgan fingerprint density at radius 1 is 0.373 bits per heavy atom. The Hall–Kier alpha value is -13.3. The van der Waals surface area contributed by atoms with E-state index in [2.05, 4.69) is 115 Å². The molecule has 17 rings (SSSR count). The molecule has 4 aromatic heterocycles. The van der Waals surface area contributed by atoms with Crippen LogP contribution in [-0.2, 0) is 55.9 Å². The van der Waals surface area contributed by atoms with Gasteiger partial charge in [-0.3, -0.25) is 37.8 Å². The first kappa shape index (κ1) is 112. The minimum atomic E-state index is -2.27. The molecule has 0 bridgehead atoms. The van der Waals surface area contributed by atoms with Crippen molar-refractivity contribution in [1.29, 1.82) is 0 Å². The summed E-state index contributed by atoms with van der Waals surface area (Å²) in [6, 6.07) is 27.6. The van der Waals surface area contributed by atoms with Gasteiger partial charge in [-0.1, -0.05) is 157 Å². The van der Waals surface area contributed by atoms with Crippen LogP contribution in [0.2, 0.25) is 40.2 Å². The lowest BCUT2D eigenvalue weighted by atomic mass is 9.99. The fraction of sp³-hybridized carbons (Fsp3) is 0.333. The molecule has 7 amide bonds. The molecule has 0 spiro atoms. The number of benzene rings is 8. The van der Waals surface area contributed by atoms with E-state index in [-0.39, 0.29) is 107 Å². The van der Waals surface area contributed by atoms with Gasteiger partial charge in [-0.15, -0.1) is 0 Å². The van der Waals surface area contributed by atoms with Crippen molar-refractivity contribution >= 4 is 217 Å². The van der Waals surface area contributed by atoms with Crippen LogP contribution < -0.4 is 71.0 Å². The molecule has 5 fully saturated rings. The van der Waals surface area contributed by atoms with Gasteiger partial charge in [-0.25, -0.2) is 39.9 Å². The lowest BCUT2D eigenvalue weighted by Crippen LogP contribution is -2.53. The number of halogens is 8. The minimum absolute atomic E-state index is 0.0280. The number of carbonyl (C=O) groups is 7. The molecule has 3 aliphatic carbocycles. The Balaban J connectivity index is 0.000000157. The van der Waals surface area contributed by atoms with Crippen molar-refractivity contribution in [1.82, 2.24) is 75.8 Å². The third-order valence-corrected chi connectivity index (χ3v) is 31.7. The monoisotopic (exact) mass is 2210 g/mol. The maximum atomic E-state index is 12.7. The van der Waals surface area contributed by atoms with E-state index in [1.807, 2.05) is 98.8 Å². The van der Waals surface area contributed by atoms with E-state index in [4.69, 9.17) is 121 Å². The number of likely N-dealkylation sites (tertiary alicyclic amines) is 1. The molecular formula is C108H115Cl8N19O14S. The fourth-order valence-electron chi connectivity index (χ4n) is 18.7. The van der Waals surface area contributed by atoms with Crippen LogP contribution in [0.15, 0.2) is 172 Å². The molecule has 42 heteroatoms. The molecule has 33 nitrogen and oxygen atoms in total. The summed E-state index contributed by atoms with van der Waals surface area (Å²) in [5.74, 6) is 7.79. The molecule has 3 unspecified atom stereocenters. The van der Waals surface area contributed by atoms with Crippen LogP contribution in [-0.4, -0.2) is 250 Å². The highest BCUT2D eigenvalue weighted by molar-refractivity contribution is 8.00. The van der Waals surface area contributed by atoms with Crippen LogP contribution >= 0.6 is 92.8 Å². The Bertz CT molecular complexity index is 6770. The largest absolute Gasteiger partial charge is 0.495 e. The standard InChI is InChI=1S/2C28H31Cl2N5O3.C27H27Cl2N5O4.C25H26Cl2N4O4S/c2*1-6-15-13-22(38-5)26(30)24(25(15)29)16-8-9-19-18(10-16)14-31-28(33-19)34-21-12-17(27(37)35(3)4)11-20(21)32-23(36)7-2;1-4-22(35)31-18-12-34(26(36)14-5-6-14)13-19(18)33-27-30-11-16-9-15(7-8-17(16)32-27)23-24(28)20(37-2)10-21(38-3)25(23)29;1-5-21(32)29-17-8-9-36(4,33)13-18(17)31-25-28-12-15-10-14(6-7-16(15)30-25)22-23(26)19(34-2)11-20(35-3)24(22)27/h2*7-10,13-14,17,20-21H,2,6,11-12H2,1,3-5H3,(H,32,36)(H,31,33,34);4,7-11,14,18-19H,1,5-6,12-13H2,2-3H3,(H,31,35)(H,30,32,33);5-7,10-12,17-18H,1,4,8-9,13H2,2-3H3,(H,29,32)(H,28,30,31)/t17-,20+,21-;17-,20-,21+;18-,19+;/m100./s1. The highest BCUT2D eigenvalue weighted by Gasteiger charge is 2.44. The second-order valence-corrected chi connectivity index (χ2v) is 42.5. The quantitative estimate of drug-likeness (QED) is 0.0148. The molecule has 5 aliphatic rings. The zero-order valence-electron chi connectivity index (χ0n) is 84.5. The molecule has 12 aromatic rings. The lowest BCUT2D eigenvalue weighted by Gasteiger charge is -2.34. The van der Waals surface area contributed by atoms with Crippen LogP contribution in [0.3, 0.4) is 0 Å². The molecular weight excluding hydrogens is 2100 g/mol. The first-order valence-corrected chi connectivity index (χ1v) is 53.1. The van der Waals surface area contributed by atoms with E-state index in [1.54, 1.807) is 94.0 Å². The Kier molecular flexibility index (Phi) is 37.2. The number of anilines is 4. The van der Waals surface area contributed by atoms with E-state index in [0.717, 1.165) is 91.6 Å². The summed E-state index contributed by atoms with van der Waals surface area (Å²) in [5.41, 5.74) is 10.4. The van der Waals surface area contributed by atoms with Crippen LogP contribution in [0.1, 0.15) is 69.9 Å². The first-order chi connectivity index (χ1) is 71.8. The summed E-state index contributed by atoms with van der Waals surface area (Å²) in [7, 11) is 13.9. The topological polar surface area (TPSA) is 401 Å². The zero-order chi connectivity index (χ0) is 108. The summed E-state index contributed by atoms with van der Waals surface area (Å²) in [5, 5.41) is 31.6. The van der Waals surface area contributed by atoms with Gasteiger partial charge in [0, 0.05) is 151 Å².